The van der Waals surface area contributed by atoms with Crippen LogP contribution in [0.3, 0.4) is 0 Å². The summed E-state index contributed by atoms with van der Waals surface area (Å²) in [4.78, 5) is 0. The van der Waals surface area contributed by atoms with Gasteiger partial charge in [-0.05, 0) is 30.7 Å². The normalized spacial score (nSPS) is 26.7. The molecule has 2 rings (SSSR count). The summed E-state index contributed by atoms with van der Waals surface area (Å²) in [6, 6.07) is 8.61. The zero-order valence-electron chi connectivity index (χ0n) is 7.91. The van der Waals surface area contributed by atoms with Crippen LogP contribution in [0.2, 0.25) is 0 Å². The zero-order chi connectivity index (χ0) is 9.97. The summed E-state index contributed by atoms with van der Waals surface area (Å²) in [5, 5.41) is 12.5. The van der Waals surface area contributed by atoms with Gasteiger partial charge in [-0.15, -0.1) is 0 Å². The summed E-state index contributed by atoms with van der Waals surface area (Å²) in [5.41, 5.74) is 1.32. The Bertz CT molecular complexity index is 299. The molecule has 0 saturated carbocycles. The number of hydrogen-bond acceptors (Lipinski definition) is 2. The highest BCUT2D eigenvalue weighted by molar-refractivity contribution is 9.10. The van der Waals surface area contributed by atoms with E-state index >= 15 is 0 Å². The molecule has 1 heterocycles. The minimum Gasteiger partial charge on any atom is -0.395 e. The van der Waals surface area contributed by atoms with E-state index in [-0.39, 0.29) is 12.6 Å². The summed E-state index contributed by atoms with van der Waals surface area (Å²) in [5.74, 6) is 0.466. The highest BCUT2D eigenvalue weighted by Crippen LogP contribution is 2.28. The Morgan fingerprint density at radius 1 is 1.36 bits per heavy atom. The monoisotopic (exact) mass is 255 g/mol. The molecule has 1 aromatic rings. The standard InChI is InChI=1S/C11H14BrNO/c12-9-3-1-8(2-4-9)10-5-6-13-11(10)7-14/h1-4,10-11,13-14H,5-7H2/t10-,11-/m0/s1. The SMILES string of the molecule is OC[C@@H]1NCC[C@H]1c1ccc(Br)cc1. The maximum absolute atomic E-state index is 9.18. The lowest BCUT2D eigenvalue weighted by Crippen LogP contribution is -2.29. The molecule has 3 heteroatoms. The van der Waals surface area contributed by atoms with Crippen LogP contribution in [0.25, 0.3) is 0 Å². The summed E-state index contributed by atoms with van der Waals surface area (Å²) < 4.78 is 1.10. The van der Waals surface area contributed by atoms with Crippen molar-refractivity contribution in [3.63, 3.8) is 0 Å². The van der Waals surface area contributed by atoms with Crippen molar-refractivity contribution in [2.75, 3.05) is 13.2 Å². The van der Waals surface area contributed by atoms with Crippen LogP contribution in [0.15, 0.2) is 28.7 Å². The van der Waals surface area contributed by atoms with Gasteiger partial charge in [-0.3, -0.25) is 0 Å². The second-order valence-corrected chi connectivity index (χ2v) is 4.61. The van der Waals surface area contributed by atoms with E-state index < -0.39 is 0 Å². The molecule has 0 aromatic heterocycles. The van der Waals surface area contributed by atoms with Crippen molar-refractivity contribution in [1.82, 2.24) is 5.32 Å². The molecule has 14 heavy (non-hydrogen) atoms. The lowest BCUT2D eigenvalue weighted by Gasteiger charge is -2.17. The van der Waals surface area contributed by atoms with E-state index in [1.165, 1.54) is 5.56 Å². The van der Waals surface area contributed by atoms with Crippen LogP contribution < -0.4 is 5.32 Å². The van der Waals surface area contributed by atoms with Crippen molar-refractivity contribution in [3.8, 4) is 0 Å². The molecule has 0 amide bonds. The summed E-state index contributed by atoms with van der Waals surface area (Å²) in [6.07, 6.45) is 1.12. The molecular formula is C11H14BrNO. The van der Waals surface area contributed by atoms with Gasteiger partial charge in [0.2, 0.25) is 0 Å². The predicted molar refractivity (Wildman–Crippen MR) is 60.4 cm³/mol. The summed E-state index contributed by atoms with van der Waals surface area (Å²) in [7, 11) is 0. The second-order valence-electron chi connectivity index (χ2n) is 3.69. The highest BCUT2D eigenvalue weighted by atomic mass is 79.9. The Morgan fingerprint density at radius 2 is 2.07 bits per heavy atom. The molecule has 0 bridgehead atoms. The number of halogens is 1. The fourth-order valence-electron chi connectivity index (χ4n) is 2.07. The first kappa shape index (κ1) is 10.1. The van der Waals surface area contributed by atoms with Crippen LogP contribution in [-0.2, 0) is 0 Å². The van der Waals surface area contributed by atoms with Gasteiger partial charge in [0.05, 0.1) is 6.61 Å². The fourth-order valence-corrected chi connectivity index (χ4v) is 2.33. The molecule has 1 aliphatic heterocycles. The van der Waals surface area contributed by atoms with Crippen molar-refractivity contribution < 1.29 is 5.11 Å². The van der Waals surface area contributed by atoms with Gasteiger partial charge in [-0.25, -0.2) is 0 Å². The first-order chi connectivity index (χ1) is 6.81. The van der Waals surface area contributed by atoms with Crippen LogP contribution in [0.1, 0.15) is 17.9 Å². The predicted octanol–water partition coefficient (Wildman–Crippen LogP) is 1.89. The molecule has 0 spiro atoms. The van der Waals surface area contributed by atoms with Gasteiger partial charge in [-0.2, -0.15) is 0 Å². The molecule has 0 unspecified atom stereocenters. The second kappa shape index (κ2) is 4.43. The Kier molecular flexibility index (Phi) is 3.21. The lowest BCUT2D eigenvalue weighted by atomic mass is 9.92. The third-order valence-electron chi connectivity index (χ3n) is 2.84. The molecule has 1 aromatic carbocycles. The van der Waals surface area contributed by atoms with E-state index in [1.807, 2.05) is 0 Å². The molecule has 1 fully saturated rings. The highest BCUT2D eigenvalue weighted by Gasteiger charge is 2.27. The van der Waals surface area contributed by atoms with E-state index in [0.717, 1.165) is 17.4 Å². The molecule has 2 nitrogen and oxygen atoms in total. The molecular weight excluding hydrogens is 242 g/mol. The first-order valence-electron chi connectivity index (χ1n) is 4.91. The van der Waals surface area contributed by atoms with Gasteiger partial charge in [0.1, 0.15) is 0 Å². The number of rotatable bonds is 2. The van der Waals surface area contributed by atoms with Gasteiger partial charge in [-0.1, -0.05) is 28.1 Å². The van der Waals surface area contributed by atoms with Crippen molar-refractivity contribution in [2.45, 2.75) is 18.4 Å². The van der Waals surface area contributed by atoms with Gasteiger partial charge in [0.15, 0.2) is 0 Å². The maximum Gasteiger partial charge on any atom is 0.0590 e. The van der Waals surface area contributed by atoms with Gasteiger partial charge >= 0.3 is 0 Å². The van der Waals surface area contributed by atoms with Crippen LogP contribution in [-0.4, -0.2) is 24.3 Å². The molecule has 1 aliphatic rings. The van der Waals surface area contributed by atoms with Crippen molar-refractivity contribution >= 4 is 15.9 Å². The third-order valence-corrected chi connectivity index (χ3v) is 3.37. The van der Waals surface area contributed by atoms with Gasteiger partial charge < -0.3 is 10.4 Å². The van der Waals surface area contributed by atoms with Crippen LogP contribution in [0.5, 0.6) is 0 Å². The Morgan fingerprint density at radius 3 is 2.71 bits per heavy atom. The van der Waals surface area contributed by atoms with E-state index in [2.05, 4.69) is 45.5 Å². The molecule has 2 atom stereocenters. The summed E-state index contributed by atoms with van der Waals surface area (Å²) in [6.45, 7) is 1.23. The number of hydrogen-bond donors (Lipinski definition) is 2. The molecule has 2 N–H and O–H groups in total. The quantitative estimate of drug-likeness (QED) is 0.846. The average molecular weight is 256 g/mol. The number of nitrogens with one attached hydrogen (secondary N) is 1. The minimum atomic E-state index is 0.223. The van der Waals surface area contributed by atoms with Gasteiger partial charge in [0.25, 0.3) is 0 Å². The molecule has 76 valence electrons. The van der Waals surface area contributed by atoms with E-state index in [1.54, 1.807) is 0 Å². The lowest BCUT2D eigenvalue weighted by molar-refractivity contribution is 0.245. The maximum atomic E-state index is 9.18. The molecule has 0 aliphatic carbocycles. The van der Waals surface area contributed by atoms with Crippen molar-refractivity contribution in [1.29, 1.82) is 0 Å². The smallest absolute Gasteiger partial charge is 0.0590 e. The van der Waals surface area contributed by atoms with E-state index in [9.17, 15) is 5.11 Å². The van der Waals surface area contributed by atoms with Crippen LogP contribution in [0.4, 0.5) is 0 Å². The van der Waals surface area contributed by atoms with E-state index in [0.29, 0.717) is 5.92 Å². The van der Waals surface area contributed by atoms with Crippen molar-refractivity contribution in [3.05, 3.63) is 34.3 Å². The summed E-state index contributed by atoms with van der Waals surface area (Å²) >= 11 is 3.42. The molecule has 1 saturated heterocycles. The average Bonchev–Trinajstić information content (AvgIpc) is 2.67. The fraction of sp³-hybridized carbons (Fsp3) is 0.455. The Hall–Kier alpha value is -0.380. The zero-order valence-corrected chi connectivity index (χ0v) is 9.50. The third kappa shape index (κ3) is 2.00. The number of aliphatic hydroxyl groups excluding tert-OH is 1. The number of benzene rings is 1. The topological polar surface area (TPSA) is 32.3 Å². The van der Waals surface area contributed by atoms with Crippen molar-refractivity contribution in [2.24, 2.45) is 0 Å². The Labute approximate surface area is 92.5 Å². The van der Waals surface area contributed by atoms with Crippen LogP contribution >= 0.6 is 15.9 Å². The molecule has 0 radical (unpaired) electrons. The van der Waals surface area contributed by atoms with Gasteiger partial charge in [0, 0.05) is 16.4 Å². The van der Waals surface area contributed by atoms with Crippen LogP contribution in [0, 0.1) is 0 Å². The largest absolute Gasteiger partial charge is 0.395 e. The first-order valence-corrected chi connectivity index (χ1v) is 5.70. The number of aliphatic hydroxyl groups is 1. The van der Waals surface area contributed by atoms with E-state index in [4.69, 9.17) is 0 Å². The Balaban J connectivity index is 2.17. The minimum absolute atomic E-state index is 0.223.